The third-order valence-corrected chi connectivity index (χ3v) is 2.75. The Morgan fingerprint density at radius 3 is 2.74 bits per heavy atom. The van der Waals surface area contributed by atoms with Crippen LogP contribution in [-0.2, 0) is 11.2 Å². The molecule has 0 bridgehead atoms. The Labute approximate surface area is 113 Å². The van der Waals surface area contributed by atoms with Crippen LogP contribution in [0.5, 0.6) is 0 Å². The predicted molar refractivity (Wildman–Crippen MR) is 76.9 cm³/mol. The maximum Gasteiger partial charge on any atom is 0.151 e. The molecular formula is C14H18N4O. The molecule has 0 atom stereocenters. The number of methoxy groups -OCH3 is 1. The highest BCUT2D eigenvalue weighted by molar-refractivity contribution is 5.61. The number of hydrogen-bond acceptors (Lipinski definition) is 5. The number of benzene rings is 1. The van der Waals surface area contributed by atoms with Gasteiger partial charge in [0, 0.05) is 19.8 Å². The molecule has 2 rings (SSSR count). The number of para-hydroxylation sites is 1. The molecule has 5 nitrogen and oxygen atoms in total. The van der Waals surface area contributed by atoms with Crippen LogP contribution in [0.4, 0.5) is 17.3 Å². The van der Waals surface area contributed by atoms with Crippen molar-refractivity contribution in [2.45, 2.75) is 6.42 Å². The van der Waals surface area contributed by atoms with Crippen molar-refractivity contribution < 1.29 is 4.74 Å². The van der Waals surface area contributed by atoms with Crippen LogP contribution in [-0.4, -0.2) is 30.7 Å². The number of anilines is 3. The first-order valence-corrected chi connectivity index (χ1v) is 6.17. The molecule has 2 aromatic rings. The normalized spacial score (nSPS) is 10.2. The molecule has 0 amide bonds. The van der Waals surface area contributed by atoms with Crippen LogP contribution in [0.25, 0.3) is 0 Å². The Hall–Kier alpha value is -2.14. The minimum Gasteiger partial charge on any atom is -0.384 e. The number of rotatable bonds is 6. The molecule has 0 spiro atoms. The zero-order valence-corrected chi connectivity index (χ0v) is 11.2. The topological polar surface area (TPSA) is 59.1 Å². The average Bonchev–Trinajstić information content (AvgIpc) is 2.46. The lowest BCUT2D eigenvalue weighted by molar-refractivity contribution is 0.202. The van der Waals surface area contributed by atoms with E-state index in [1.54, 1.807) is 19.5 Å². The molecule has 0 radical (unpaired) electrons. The molecule has 1 aromatic heterocycles. The fourth-order valence-corrected chi connectivity index (χ4v) is 1.76. The summed E-state index contributed by atoms with van der Waals surface area (Å²) < 4.78 is 5.12. The van der Waals surface area contributed by atoms with Crippen LogP contribution in [0.15, 0.2) is 36.7 Å². The lowest BCUT2D eigenvalue weighted by atomic mass is 10.1. The van der Waals surface area contributed by atoms with E-state index in [2.05, 4.69) is 26.7 Å². The van der Waals surface area contributed by atoms with E-state index in [0.29, 0.717) is 6.61 Å². The first-order chi connectivity index (χ1) is 9.33. The second-order valence-electron chi connectivity index (χ2n) is 4.06. The SMILES string of the molecule is CNc1cncc(Nc2ccccc2CCOC)n1. The van der Waals surface area contributed by atoms with E-state index in [1.807, 2.05) is 25.2 Å². The Balaban J connectivity index is 2.17. The van der Waals surface area contributed by atoms with Gasteiger partial charge in [0.15, 0.2) is 5.82 Å². The van der Waals surface area contributed by atoms with Crippen molar-refractivity contribution in [1.29, 1.82) is 0 Å². The van der Waals surface area contributed by atoms with Crippen LogP contribution >= 0.6 is 0 Å². The lowest BCUT2D eigenvalue weighted by Gasteiger charge is -2.11. The maximum atomic E-state index is 5.12. The summed E-state index contributed by atoms with van der Waals surface area (Å²) in [6.07, 6.45) is 4.24. The number of nitrogens with zero attached hydrogens (tertiary/aromatic N) is 2. The molecule has 5 heteroatoms. The van der Waals surface area contributed by atoms with Crippen LogP contribution < -0.4 is 10.6 Å². The van der Waals surface area contributed by atoms with Gasteiger partial charge in [0.25, 0.3) is 0 Å². The maximum absolute atomic E-state index is 5.12. The van der Waals surface area contributed by atoms with Gasteiger partial charge in [0.05, 0.1) is 19.0 Å². The summed E-state index contributed by atoms with van der Waals surface area (Å²) in [7, 11) is 3.53. The fraction of sp³-hybridized carbons (Fsp3) is 0.286. The highest BCUT2D eigenvalue weighted by Crippen LogP contribution is 2.20. The van der Waals surface area contributed by atoms with Crippen LogP contribution in [0.2, 0.25) is 0 Å². The number of aromatic nitrogens is 2. The summed E-state index contributed by atoms with van der Waals surface area (Å²) in [6.45, 7) is 0.695. The first-order valence-electron chi connectivity index (χ1n) is 6.17. The molecule has 0 aliphatic carbocycles. The quantitative estimate of drug-likeness (QED) is 0.833. The number of nitrogens with one attached hydrogen (secondary N) is 2. The van der Waals surface area contributed by atoms with Gasteiger partial charge >= 0.3 is 0 Å². The zero-order chi connectivity index (χ0) is 13.5. The molecule has 0 fully saturated rings. The van der Waals surface area contributed by atoms with Gasteiger partial charge < -0.3 is 15.4 Å². The molecule has 19 heavy (non-hydrogen) atoms. The summed E-state index contributed by atoms with van der Waals surface area (Å²) in [5.41, 5.74) is 2.23. The Kier molecular flexibility index (Phi) is 4.69. The van der Waals surface area contributed by atoms with Crippen molar-refractivity contribution in [3.05, 3.63) is 42.2 Å². The smallest absolute Gasteiger partial charge is 0.151 e. The molecule has 0 saturated carbocycles. The summed E-state index contributed by atoms with van der Waals surface area (Å²) in [5, 5.41) is 6.26. The molecule has 0 saturated heterocycles. The Morgan fingerprint density at radius 2 is 1.95 bits per heavy atom. The van der Waals surface area contributed by atoms with Crippen LogP contribution in [0, 0.1) is 0 Å². The van der Waals surface area contributed by atoms with E-state index in [4.69, 9.17) is 4.74 Å². The molecule has 0 unspecified atom stereocenters. The van der Waals surface area contributed by atoms with Gasteiger partial charge in [-0.05, 0) is 18.1 Å². The van der Waals surface area contributed by atoms with Gasteiger partial charge in [-0.2, -0.15) is 0 Å². The molecule has 0 aliphatic heterocycles. The van der Waals surface area contributed by atoms with Crippen molar-refractivity contribution in [1.82, 2.24) is 9.97 Å². The largest absolute Gasteiger partial charge is 0.384 e. The minimum atomic E-state index is 0.695. The van der Waals surface area contributed by atoms with E-state index in [0.717, 1.165) is 23.7 Å². The third-order valence-electron chi connectivity index (χ3n) is 2.75. The van der Waals surface area contributed by atoms with Crippen molar-refractivity contribution in [2.24, 2.45) is 0 Å². The molecule has 1 heterocycles. The molecule has 100 valence electrons. The highest BCUT2D eigenvalue weighted by atomic mass is 16.5. The van der Waals surface area contributed by atoms with Crippen molar-refractivity contribution in [2.75, 3.05) is 31.4 Å². The monoisotopic (exact) mass is 258 g/mol. The zero-order valence-electron chi connectivity index (χ0n) is 11.2. The van der Waals surface area contributed by atoms with E-state index >= 15 is 0 Å². The second-order valence-corrected chi connectivity index (χ2v) is 4.06. The fourth-order valence-electron chi connectivity index (χ4n) is 1.76. The number of hydrogen-bond donors (Lipinski definition) is 2. The van der Waals surface area contributed by atoms with Gasteiger partial charge in [-0.25, -0.2) is 4.98 Å². The van der Waals surface area contributed by atoms with E-state index in [1.165, 1.54) is 5.56 Å². The van der Waals surface area contributed by atoms with Crippen molar-refractivity contribution in [3.63, 3.8) is 0 Å². The molecule has 2 N–H and O–H groups in total. The molecule has 0 aliphatic rings. The van der Waals surface area contributed by atoms with E-state index in [9.17, 15) is 0 Å². The van der Waals surface area contributed by atoms with E-state index < -0.39 is 0 Å². The first kappa shape index (κ1) is 13.3. The van der Waals surface area contributed by atoms with Crippen LogP contribution in [0.3, 0.4) is 0 Å². The van der Waals surface area contributed by atoms with Crippen molar-refractivity contribution >= 4 is 17.3 Å². The minimum absolute atomic E-state index is 0.695. The summed E-state index contributed by atoms with van der Waals surface area (Å²) in [6, 6.07) is 8.12. The third kappa shape index (κ3) is 3.66. The van der Waals surface area contributed by atoms with E-state index in [-0.39, 0.29) is 0 Å². The predicted octanol–water partition coefficient (Wildman–Crippen LogP) is 2.45. The summed E-state index contributed by atoms with van der Waals surface area (Å²) in [5.74, 6) is 1.45. The van der Waals surface area contributed by atoms with Gasteiger partial charge in [0.2, 0.25) is 0 Å². The van der Waals surface area contributed by atoms with Crippen molar-refractivity contribution in [3.8, 4) is 0 Å². The summed E-state index contributed by atoms with van der Waals surface area (Å²) in [4.78, 5) is 8.52. The lowest BCUT2D eigenvalue weighted by Crippen LogP contribution is -2.02. The Bertz CT molecular complexity index is 530. The van der Waals surface area contributed by atoms with Gasteiger partial charge in [0.1, 0.15) is 5.82 Å². The average molecular weight is 258 g/mol. The second kappa shape index (κ2) is 6.70. The standard InChI is InChI=1S/C14H18N4O/c1-15-13-9-16-10-14(18-13)17-12-6-4-3-5-11(12)7-8-19-2/h3-6,9-10H,7-8H2,1-2H3,(H2,15,17,18). The summed E-state index contributed by atoms with van der Waals surface area (Å²) >= 11 is 0. The van der Waals surface area contributed by atoms with Gasteiger partial charge in [-0.1, -0.05) is 18.2 Å². The van der Waals surface area contributed by atoms with Gasteiger partial charge in [-0.3, -0.25) is 4.98 Å². The highest BCUT2D eigenvalue weighted by Gasteiger charge is 2.03. The van der Waals surface area contributed by atoms with Gasteiger partial charge in [-0.15, -0.1) is 0 Å². The van der Waals surface area contributed by atoms with Crippen LogP contribution in [0.1, 0.15) is 5.56 Å². The molecule has 1 aromatic carbocycles. The molecular weight excluding hydrogens is 240 g/mol. The Morgan fingerprint density at radius 1 is 1.16 bits per heavy atom. The number of ether oxygens (including phenoxy) is 1.